The van der Waals surface area contributed by atoms with Crippen LogP contribution in [0.15, 0.2) is 30.5 Å². The second-order valence-corrected chi connectivity index (χ2v) is 5.36. The molecule has 0 aliphatic heterocycles. The minimum absolute atomic E-state index is 0.0116. The van der Waals surface area contributed by atoms with Crippen molar-refractivity contribution in [1.29, 1.82) is 0 Å². The van der Waals surface area contributed by atoms with Crippen LogP contribution in [0.1, 0.15) is 25.8 Å². The van der Waals surface area contributed by atoms with Crippen LogP contribution in [0.2, 0.25) is 0 Å². The summed E-state index contributed by atoms with van der Waals surface area (Å²) in [5.41, 5.74) is 7.53. The van der Waals surface area contributed by atoms with Gasteiger partial charge in [-0.2, -0.15) is 0 Å². The van der Waals surface area contributed by atoms with Crippen LogP contribution < -0.4 is 11.1 Å². The van der Waals surface area contributed by atoms with Crippen molar-refractivity contribution in [2.75, 3.05) is 0 Å². The maximum absolute atomic E-state index is 12.0. The highest BCUT2D eigenvalue weighted by atomic mass is 32.1. The van der Waals surface area contributed by atoms with E-state index in [1.54, 1.807) is 0 Å². The number of nitrogens with two attached hydrogens (primary N) is 1. The standard InChI is InChI=1S/C15H19N3OS/c1-3-10(2)17-14(19)9-18-8-7-11-12(15(16)20)5-4-6-13(11)18/h4-8,10H,3,9H2,1-2H3,(H2,16,20)(H,17,19). The topological polar surface area (TPSA) is 60.0 Å². The highest BCUT2D eigenvalue weighted by Gasteiger charge is 2.11. The lowest BCUT2D eigenvalue weighted by Gasteiger charge is -2.12. The average Bonchev–Trinajstić information content (AvgIpc) is 2.81. The largest absolute Gasteiger partial charge is 0.389 e. The molecular weight excluding hydrogens is 270 g/mol. The van der Waals surface area contributed by atoms with Crippen molar-refractivity contribution in [3.8, 4) is 0 Å². The molecule has 1 atom stereocenters. The zero-order valence-corrected chi connectivity index (χ0v) is 12.5. The number of benzene rings is 1. The van der Waals surface area contributed by atoms with Gasteiger partial charge in [0, 0.05) is 28.7 Å². The molecular formula is C15H19N3OS. The second-order valence-electron chi connectivity index (χ2n) is 4.92. The predicted octanol–water partition coefficient (Wildman–Crippen LogP) is 2.19. The third-order valence-corrected chi connectivity index (χ3v) is 3.63. The first-order valence-electron chi connectivity index (χ1n) is 6.70. The van der Waals surface area contributed by atoms with E-state index in [0.717, 1.165) is 22.9 Å². The van der Waals surface area contributed by atoms with Gasteiger partial charge in [0.05, 0.1) is 0 Å². The minimum Gasteiger partial charge on any atom is -0.389 e. The van der Waals surface area contributed by atoms with E-state index in [2.05, 4.69) is 5.32 Å². The molecule has 5 heteroatoms. The van der Waals surface area contributed by atoms with E-state index in [1.807, 2.05) is 48.9 Å². The number of nitrogens with zero attached hydrogens (tertiary/aromatic N) is 1. The smallest absolute Gasteiger partial charge is 0.240 e. The zero-order chi connectivity index (χ0) is 14.7. The van der Waals surface area contributed by atoms with Crippen LogP contribution in [0.4, 0.5) is 0 Å². The number of carbonyl (C=O) groups is 1. The number of fused-ring (bicyclic) bond motifs is 1. The Hall–Kier alpha value is -1.88. The molecule has 3 N–H and O–H groups in total. The summed E-state index contributed by atoms with van der Waals surface area (Å²) in [6, 6.07) is 7.90. The molecule has 106 valence electrons. The molecule has 0 aliphatic rings. The summed E-state index contributed by atoms with van der Waals surface area (Å²) >= 11 is 5.05. The number of amides is 1. The SMILES string of the molecule is CCC(C)NC(=O)Cn1ccc2c(C(N)=S)cccc21. The van der Waals surface area contributed by atoms with Gasteiger partial charge in [0.1, 0.15) is 11.5 Å². The summed E-state index contributed by atoms with van der Waals surface area (Å²) in [6.45, 7) is 4.34. The molecule has 1 amide bonds. The first kappa shape index (κ1) is 14.5. The monoisotopic (exact) mass is 289 g/mol. The molecule has 0 radical (unpaired) electrons. The van der Waals surface area contributed by atoms with Gasteiger partial charge in [0.2, 0.25) is 5.91 Å². The lowest BCUT2D eigenvalue weighted by molar-refractivity contribution is -0.122. The normalized spacial score (nSPS) is 12.3. The number of aromatic nitrogens is 1. The van der Waals surface area contributed by atoms with Gasteiger partial charge in [0.15, 0.2) is 0 Å². The maximum atomic E-state index is 12.0. The molecule has 0 fully saturated rings. The Balaban J connectivity index is 2.26. The van der Waals surface area contributed by atoms with E-state index in [4.69, 9.17) is 18.0 Å². The summed E-state index contributed by atoms with van der Waals surface area (Å²) in [7, 11) is 0. The van der Waals surface area contributed by atoms with Gasteiger partial charge in [-0.25, -0.2) is 0 Å². The van der Waals surface area contributed by atoms with Crippen molar-refractivity contribution in [2.45, 2.75) is 32.9 Å². The molecule has 0 aliphatic carbocycles. The number of rotatable bonds is 5. The Morgan fingerprint density at radius 1 is 1.45 bits per heavy atom. The van der Waals surface area contributed by atoms with E-state index in [9.17, 15) is 4.79 Å². The van der Waals surface area contributed by atoms with Crippen molar-refractivity contribution in [1.82, 2.24) is 9.88 Å². The van der Waals surface area contributed by atoms with Crippen molar-refractivity contribution < 1.29 is 4.79 Å². The van der Waals surface area contributed by atoms with Crippen LogP contribution >= 0.6 is 12.2 Å². The lowest BCUT2D eigenvalue weighted by atomic mass is 10.1. The Kier molecular flexibility index (Phi) is 4.39. The van der Waals surface area contributed by atoms with E-state index >= 15 is 0 Å². The molecule has 0 spiro atoms. The van der Waals surface area contributed by atoms with Crippen molar-refractivity contribution in [2.24, 2.45) is 5.73 Å². The maximum Gasteiger partial charge on any atom is 0.240 e. The van der Waals surface area contributed by atoms with E-state index in [-0.39, 0.29) is 11.9 Å². The molecule has 1 aromatic carbocycles. The van der Waals surface area contributed by atoms with Gasteiger partial charge in [-0.15, -0.1) is 0 Å². The number of nitrogens with one attached hydrogen (secondary N) is 1. The number of thiocarbonyl (C=S) groups is 1. The van der Waals surface area contributed by atoms with E-state index < -0.39 is 0 Å². The van der Waals surface area contributed by atoms with Crippen LogP contribution in [-0.4, -0.2) is 21.5 Å². The molecule has 0 saturated heterocycles. The molecule has 4 nitrogen and oxygen atoms in total. The fraction of sp³-hybridized carbons (Fsp3) is 0.333. The molecule has 1 aromatic heterocycles. The number of carbonyl (C=O) groups excluding carboxylic acids is 1. The molecule has 0 bridgehead atoms. The summed E-state index contributed by atoms with van der Waals surface area (Å²) < 4.78 is 1.91. The molecule has 1 heterocycles. The Labute approximate surface area is 123 Å². The van der Waals surface area contributed by atoms with Crippen molar-refractivity contribution in [3.05, 3.63) is 36.0 Å². The second kappa shape index (κ2) is 6.05. The quantitative estimate of drug-likeness (QED) is 0.830. The molecule has 0 saturated carbocycles. The fourth-order valence-corrected chi connectivity index (χ4v) is 2.33. The predicted molar refractivity (Wildman–Crippen MR) is 85.7 cm³/mol. The first-order valence-corrected chi connectivity index (χ1v) is 7.10. The van der Waals surface area contributed by atoms with Crippen LogP contribution in [0.25, 0.3) is 10.9 Å². The number of hydrogen-bond donors (Lipinski definition) is 2. The number of hydrogen-bond acceptors (Lipinski definition) is 2. The van der Waals surface area contributed by atoms with Crippen molar-refractivity contribution >= 4 is 34.0 Å². The Morgan fingerprint density at radius 3 is 2.85 bits per heavy atom. The summed E-state index contributed by atoms with van der Waals surface area (Å²) in [4.78, 5) is 12.3. The highest BCUT2D eigenvalue weighted by molar-refractivity contribution is 7.80. The highest BCUT2D eigenvalue weighted by Crippen LogP contribution is 2.20. The van der Waals surface area contributed by atoms with Gasteiger partial charge in [-0.3, -0.25) is 4.79 Å². The van der Waals surface area contributed by atoms with E-state index in [1.165, 1.54) is 0 Å². The van der Waals surface area contributed by atoms with Crippen LogP contribution in [0, 0.1) is 0 Å². The van der Waals surface area contributed by atoms with E-state index in [0.29, 0.717) is 11.5 Å². The van der Waals surface area contributed by atoms with Gasteiger partial charge in [0.25, 0.3) is 0 Å². The van der Waals surface area contributed by atoms with Gasteiger partial charge >= 0.3 is 0 Å². The summed E-state index contributed by atoms with van der Waals surface area (Å²) in [5, 5.41) is 3.94. The first-order chi connectivity index (χ1) is 9.52. The molecule has 1 unspecified atom stereocenters. The molecule has 20 heavy (non-hydrogen) atoms. The third-order valence-electron chi connectivity index (χ3n) is 3.41. The van der Waals surface area contributed by atoms with Gasteiger partial charge in [-0.1, -0.05) is 31.3 Å². The Bertz CT molecular complexity index is 648. The van der Waals surface area contributed by atoms with Crippen LogP contribution in [0.5, 0.6) is 0 Å². The summed E-state index contributed by atoms with van der Waals surface area (Å²) in [6.07, 6.45) is 2.81. The van der Waals surface area contributed by atoms with Crippen LogP contribution in [0.3, 0.4) is 0 Å². The van der Waals surface area contributed by atoms with Gasteiger partial charge in [-0.05, 0) is 25.5 Å². The lowest BCUT2D eigenvalue weighted by Crippen LogP contribution is -2.34. The van der Waals surface area contributed by atoms with Crippen molar-refractivity contribution in [3.63, 3.8) is 0 Å². The minimum atomic E-state index is 0.0116. The molecule has 2 aromatic rings. The average molecular weight is 289 g/mol. The zero-order valence-electron chi connectivity index (χ0n) is 11.7. The fourth-order valence-electron chi connectivity index (χ4n) is 2.15. The molecule has 2 rings (SSSR count). The van der Waals surface area contributed by atoms with Gasteiger partial charge < -0.3 is 15.6 Å². The summed E-state index contributed by atoms with van der Waals surface area (Å²) in [5.74, 6) is 0.0116. The Morgan fingerprint density at radius 2 is 2.20 bits per heavy atom. The van der Waals surface area contributed by atoms with Crippen LogP contribution in [-0.2, 0) is 11.3 Å². The third kappa shape index (κ3) is 2.99.